The van der Waals surface area contributed by atoms with E-state index in [9.17, 15) is 9.59 Å². The van der Waals surface area contributed by atoms with Gasteiger partial charge in [0.2, 0.25) is 0 Å². The summed E-state index contributed by atoms with van der Waals surface area (Å²) in [6.07, 6.45) is 5.27. The highest BCUT2D eigenvalue weighted by atomic mass is 16.5. The number of benzene rings is 1. The van der Waals surface area contributed by atoms with Crippen molar-refractivity contribution in [3.63, 3.8) is 0 Å². The van der Waals surface area contributed by atoms with Gasteiger partial charge in [0.15, 0.2) is 11.9 Å². The van der Waals surface area contributed by atoms with Crippen molar-refractivity contribution in [3.05, 3.63) is 35.9 Å². The number of ether oxygens (including phenoxy) is 1. The Kier molecular flexibility index (Phi) is 3.13. The van der Waals surface area contributed by atoms with Crippen molar-refractivity contribution in [2.75, 3.05) is 0 Å². The van der Waals surface area contributed by atoms with Gasteiger partial charge in [-0.25, -0.2) is 4.79 Å². The number of ketones is 1. The molecule has 1 aromatic carbocycles. The van der Waals surface area contributed by atoms with Gasteiger partial charge in [-0.3, -0.25) is 4.79 Å². The summed E-state index contributed by atoms with van der Waals surface area (Å²) < 4.78 is 5.41. The maximum absolute atomic E-state index is 12.4. The van der Waals surface area contributed by atoms with Crippen LogP contribution in [0.15, 0.2) is 30.3 Å². The summed E-state index contributed by atoms with van der Waals surface area (Å²) in [4.78, 5) is 24.4. The van der Waals surface area contributed by atoms with Crippen LogP contribution in [0, 0.1) is 5.41 Å². The standard InChI is InChI=1S/C16H18O3/c17-14-13(8-11-16(14)9-4-5-10-16)19-15(18)12-6-2-1-3-7-12/h1-3,6-7,13H,4-5,8-11H2/t13-/m1/s1. The number of carbonyl (C=O) groups is 2. The van der Waals surface area contributed by atoms with Crippen molar-refractivity contribution in [2.24, 2.45) is 5.41 Å². The molecule has 2 aliphatic rings. The van der Waals surface area contributed by atoms with Crippen molar-refractivity contribution in [1.82, 2.24) is 0 Å². The third-order valence-electron chi connectivity index (χ3n) is 4.52. The van der Waals surface area contributed by atoms with E-state index >= 15 is 0 Å². The molecule has 0 amide bonds. The smallest absolute Gasteiger partial charge is 0.338 e. The third-order valence-corrected chi connectivity index (χ3v) is 4.52. The monoisotopic (exact) mass is 258 g/mol. The van der Waals surface area contributed by atoms with Crippen LogP contribution in [0.1, 0.15) is 48.9 Å². The highest BCUT2D eigenvalue weighted by molar-refractivity contribution is 5.96. The number of esters is 1. The van der Waals surface area contributed by atoms with E-state index in [2.05, 4.69) is 0 Å². The first kappa shape index (κ1) is 12.4. The van der Waals surface area contributed by atoms with Gasteiger partial charge in [0.1, 0.15) is 0 Å². The molecular formula is C16H18O3. The highest BCUT2D eigenvalue weighted by Crippen LogP contribution is 2.48. The molecule has 1 aromatic rings. The topological polar surface area (TPSA) is 43.4 Å². The van der Waals surface area contributed by atoms with Crippen LogP contribution in [-0.2, 0) is 9.53 Å². The van der Waals surface area contributed by atoms with Crippen LogP contribution in [0.4, 0.5) is 0 Å². The van der Waals surface area contributed by atoms with Gasteiger partial charge in [0, 0.05) is 5.41 Å². The predicted octanol–water partition coefficient (Wildman–Crippen LogP) is 3.14. The van der Waals surface area contributed by atoms with Crippen LogP contribution in [0.2, 0.25) is 0 Å². The molecule has 0 unspecified atom stereocenters. The average Bonchev–Trinajstić information content (AvgIpc) is 3.03. The minimum Gasteiger partial charge on any atom is -0.451 e. The van der Waals surface area contributed by atoms with Crippen molar-refractivity contribution >= 4 is 11.8 Å². The SMILES string of the molecule is O=C(O[C@@H]1CCC2(CCCC2)C1=O)c1ccccc1. The van der Waals surface area contributed by atoms with Crippen LogP contribution < -0.4 is 0 Å². The molecule has 0 radical (unpaired) electrons. The fourth-order valence-corrected chi connectivity index (χ4v) is 3.44. The zero-order valence-corrected chi connectivity index (χ0v) is 10.9. The van der Waals surface area contributed by atoms with E-state index in [4.69, 9.17) is 4.74 Å². The fourth-order valence-electron chi connectivity index (χ4n) is 3.44. The molecule has 0 aromatic heterocycles. The van der Waals surface area contributed by atoms with Gasteiger partial charge in [0.25, 0.3) is 0 Å². The molecule has 3 nitrogen and oxygen atoms in total. The van der Waals surface area contributed by atoms with Gasteiger partial charge in [-0.2, -0.15) is 0 Å². The Hall–Kier alpha value is -1.64. The number of Topliss-reactive ketones (excluding diaryl/α,β-unsaturated/α-hetero) is 1. The fraction of sp³-hybridized carbons (Fsp3) is 0.500. The average molecular weight is 258 g/mol. The molecule has 0 heterocycles. The lowest BCUT2D eigenvalue weighted by Gasteiger charge is -2.20. The normalized spacial score (nSPS) is 24.8. The molecular weight excluding hydrogens is 240 g/mol. The molecule has 0 N–H and O–H groups in total. The van der Waals surface area contributed by atoms with Gasteiger partial charge < -0.3 is 4.74 Å². The van der Waals surface area contributed by atoms with Gasteiger partial charge in [-0.05, 0) is 37.8 Å². The first-order valence-corrected chi connectivity index (χ1v) is 7.02. The zero-order valence-electron chi connectivity index (χ0n) is 10.9. The first-order chi connectivity index (χ1) is 9.21. The minimum absolute atomic E-state index is 0.161. The summed E-state index contributed by atoms with van der Waals surface area (Å²) in [5, 5.41) is 0. The summed E-state index contributed by atoms with van der Waals surface area (Å²) in [5.74, 6) is -0.219. The first-order valence-electron chi connectivity index (χ1n) is 7.02. The number of hydrogen-bond acceptors (Lipinski definition) is 3. The Morgan fingerprint density at radius 2 is 1.79 bits per heavy atom. The Morgan fingerprint density at radius 3 is 2.47 bits per heavy atom. The number of carbonyl (C=O) groups excluding carboxylic acids is 2. The molecule has 1 spiro atoms. The van der Waals surface area contributed by atoms with Crippen molar-refractivity contribution in [3.8, 4) is 0 Å². The zero-order chi connectivity index (χ0) is 13.3. The van der Waals surface area contributed by atoms with Gasteiger partial charge in [-0.1, -0.05) is 31.0 Å². The minimum atomic E-state index is -0.522. The molecule has 2 aliphatic carbocycles. The summed E-state index contributed by atoms with van der Waals surface area (Å²) >= 11 is 0. The lowest BCUT2D eigenvalue weighted by molar-refractivity contribution is -0.132. The number of hydrogen-bond donors (Lipinski definition) is 0. The van der Waals surface area contributed by atoms with Crippen LogP contribution in [0.5, 0.6) is 0 Å². The Balaban J connectivity index is 1.68. The summed E-state index contributed by atoms with van der Waals surface area (Å²) in [6, 6.07) is 8.88. The Labute approximate surface area is 113 Å². The van der Waals surface area contributed by atoms with Crippen molar-refractivity contribution in [1.29, 1.82) is 0 Å². The summed E-state index contributed by atoms with van der Waals surface area (Å²) in [7, 11) is 0. The molecule has 19 heavy (non-hydrogen) atoms. The summed E-state index contributed by atoms with van der Waals surface area (Å²) in [6.45, 7) is 0. The van der Waals surface area contributed by atoms with Gasteiger partial charge in [0.05, 0.1) is 5.56 Å². The lowest BCUT2D eigenvalue weighted by Crippen LogP contribution is -2.31. The van der Waals surface area contributed by atoms with Gasteiger partial charge in [-0.15, -0.1) is 0 Å². The molecule has 1 atom stereocenters. The van der Waals surface area contributed by atoms with Crippen LogP contribution in [0.3, 0.4) is 0 Å². The van der Waals surface area contributed by atoms with E-state index in [1.54, 1.807) is 24.3 Å². The van der Waals surface area contributed by atoms with Crippen molar-refractivity contribution in [2.45, 2.75) is 44.6 Å². The van der Waals surface area contributed by atoms with E-state index in [1.807, 2.05) is 6.07 Å². The molecule has 100 valence electrons. The molecule has 3 heteroatoms. The van der Waals surface area contributed by atoms with E-state index in [1.165, 1.54) is 0 Å². The van der Waals surface area contributed by atoms with E-state index in [0.29, 0.717) is 12.0 Å². The quantitative estimate of drug-likeness (QED) is 0.765. The van der Waals surface area contributed by atoms with E-state index in [0.717, 1.165) is 32.1 Å². The Morgan fingerprint density at radius 1 is 1.11 bits per heavy atom. The molecule has 0 bridgehead atoms. The second-order valence-corrected chi connectivity index (χ2v) is 5.65. The lowest BCUT2D eigenvalue weighted by atomic mass is 9.83. The summed E-state index contributed by atoms with van der Waals surface area (Å²) in [5.41, 5.74) is 0.351. The van der Waals surface area contributed by atoms with Gasteiger partial charge >= 0.3 is 5.97 Å². The Bertz CT molecular complexity index is 486. The molecule has 2 saturated carbocycles. The predicted molar refractivity (Wildman–Crippen MR) is 70.8 cm³/mol. The van der Waals surface area contributed by atoms with Crippen LogP contribution >= 0.6 is 0 Å². The number of rotatable bonds is 2. The third kappa shape index (κ3) is 2.18. The largest absolute Gasteiger partial charge is 0.451 e. The van der Waals surface area contributed by atoms with E-state index < -0.39 is 6.10 Å². The molecule has 0 aliphatic heterocycles. The second kappa shape index (κ2) is 4.80. The van der Waals surface area contributed by atoms with Crippen LogP contribution in [0.25, 0.3) is 0 Å². The van der Waals surface area contributed by atoms with Crippen LogP contribution in [-0.4, -0.2) is 17.9 Å². The molecule has 0 saturated heterocycles. The van der Waals surface area contributed by atoms with E-state index in [-0.39, 0.29) is 17.2 Å². The maximum Gasteiger partial charge on any atom is 0.338 e. The molecule has 3 rings (SSSR count). The highest BCUT2D eigenvalue weighted by Gasteiger charge is 2.50. The molecule has 2 fully saturated rings. The maximum atomic E-state index is 12.4. The second-order valence-electron chi connectivity index (χ2n) is 5.65. The van der Waals surface area contributed by atoms with Crippen molar-refractivity contribution < 1.29 is 14.3 Å².